The molecule has 5 nitrogen and oxygen atoms in total. The Hall–Kier alpha value is -1.46. The van der Waals surface area contributed by atoms with Crippen LogP contribution in [-0.4, -0.2) is 50.4 Å². The molecule has 0 spiro atoms. The molecule has 3 N–H and O–H groups in total. The Morgan fingerprint density at radius 1 is 1.29 bits per heavy atom. The van der Waals surface area contributed by atoms with Crippen LogP contribution < -0.4 is 15.8 Å². The van der Waals surface area contributed by atoms with Gasteiger partial charge in [-0.15, -0.1) is 0 Å². The molecule has 0 unspecified atom stereocenters. The van der Waals surface area contributed by atoms with Crippen LogP contribution in [0.15, 0.2) is 18.2 Å². The largest absolute Gasteiger partial charge is 0.491 e. The van der Waals surface area contributed by atoms with E-state index >= 15 is 0 Å². The van der Waals surface area contributed by atoms with E-state index in [9.17, 15) is 0 Å². The Morgan fingerprint density at radius 2 is 2.05 bits per heavy atom. The summed E-state index contributed by atoms with van der Waals surface area (Å²) in [7, 11) is 0. The minimum Gasteiger partial charge on any atom is -0.491 e. The van der Waals surface area contributed by atoms with Crippen molar-refractivity contribution < 1.29 is 9.47 Å². The molecule has 0 aliphatic carbocycles. The van der Waals surface area contributed by atoms with Crippen molar-refractivity contribution in [2.24, 2.45) is 0 Å². The van der Waals surface area contributed by atoms with Crippen LogP contribution in [0.4, 0.5) is 11.4 Å². The standard InChI is InChI=1S/C16H27N3O2/c1-13(2)21-16-11-14(17)10-15(12-16)18-4-3-5-19-6-8-20-9-7-19/h10-13,18H,3-9,17H2,1-2H3. The average Bonchev–Trinajstić information content (AvgIpc) is 2.43. The van der Waals surface area contributed by atoms with Crippen LogP contribution in [0, 0.1) is 0 Å². The molecule has 118 valence electrons. The molecule has 2 rings (SSSR count). The Labute approximate surface area is 127 Å². The zero-order valence-electron chi connectivity index (χ0n) is 13.1. The Bertz CT molecular complexity index is 432. The Morgan fingerprint density at radius 3 is 2.76 bits per heavy atom. The molecule has 0 amide bonds. The van der Waals surface area contributed by atoms with E-state index in [0.717, 1.165) is 62.9 Å². The number of morpholine rings is 1. The van der Waals surface area contributed by atoms with Crippen molar-refractivity contribution in [3.63, 3.8) is 0 Å². The summed E-state index contributed by atoms with van der Waals surface area (Å²) in [6, 6.07) is 5.81. The van der Waals surface area contributed by atoms with Crippen molar-refractivity contribution in [1.29, 1.82) is 0 Å². The van der Waals surface area contributed by atoms with Crippen molar-refractivity contribution in [2.75, 3.05) is 50.4 Å². The first kappa shape index (κ1) is 15.9. The van der Waals surface area contributed by atoms with Crippen LogP contribution in [0.1, 0.15) is 20.3 Å². The maximum atomic E-state index is 5.91. The molecule has 0 atom stereocenters. The summed E-state index contributed by atoms with van der Waals surface area (Å²) in [4.78, 5) is 2.44. The van der Waals surface area contributed by atoms with Crippen LogP contribution in [-0.2, 0) is 4.74 Å². The van der Waals surface area contributed by atoms with Crippen LogP contribution in [0.3, 0.4) is 0 Å². The maximum Gasteiger partial charge on any atom is 0.123 e. The molecule has 0 aromatic heterocycles. The van der Waals surface area contributed by atoms with Gasteiger partial charge in [0.2, 0.25) is 0 Å². The van der Waals surface area contributed by atoms with Gasteiger partial charge in [-0.25, -0.2) is 0 Å². The second-order valence-corrected chi connectivity index (χ2v) is 5.69. The Balaban J connectivity index is 1.75. The SMILES string of the molecule is CC(C)Oc1cc(N)cc(NCCCN2CCOCC2)c1. The van der Waals surface area contributed by atoms with Gasteiger partial charge in [0.25, 0.3) is 0 Å². The smallest absolute Gasteiger partial charge is 0.123 e. The van der Waals surface area contributed by atoms with Gasteiger partial charge < -0.3 is 20.5 Å². The van der Waals surface area contributed by atoms with Gasteiger partial charge >= 0.3 is 0 Å². The van der Waals surface area contributed by atoms with Gasteiger partial charge in [0, 0.05) is 43.1 Å². The minimum absolute atomic E-state index is 0.154. The van der Waals surface area contributed by atoms with Gasteiger partial charge in [-0.3, -0.25) is 4.90 Å². The third-order valence-electron chi connectivity index (χ3n) is 3.38. The number of nitrogens with one attached hydrogen (secondary N) is 1. The highest BCUT2D eigenvalue weighted by Gasteiger charge is 2.09. The number of anilines is 2. The predicted octanol–water partition coefficient (Wildman–Crippen LogP) is 2.19. The van der Waals surface area contributed by atoms with Gasteiger partial charge in [0.05, 0.1) is 19.3 Å². The zero-order valence-corrected chi connectivity index (χ0v) is 13.1. The summed E-state index contributed by atoms with van der Waals surface area (Å²) in [6.07, 6.45) is 1.26. The average molecular weight is 293 g/mol. The van der Waals surface area contributed by atoms with Gasteiger partial charge in [0.15, 0.2) is 0 Å². The van der Waals surface area contributed by atoms with Crippen molar-refractivity contribution in [3.8, 4) is 5.75 Å². The highest BCUT2D eigenvalue weighted by Crippen LogP contribution is 2.23. The van der Waals surface area contributed by atoms with E-state index in [-0.39, 0.29) is 6.10 Å². The predicted molar refractivity (Wildman–Crippen MR) is 87.0 cm³/mol. The van der Waals surface area contributed by atoms with E-state index in [1.807, 2.05) is 32.0 Å². The first-order valence-corrected chi connectivity index (χ1v) is 7.74. The lowest BCUT2D eigenvalue weighted by Gasteiger charge is -2.26. The van der Waals surface area contributed by atoms with Crippen molar-refractivity contribution in [2.45, 2.75) is 26.4 Å². The molecule has 1 heterocycles. The van der Waals surface area contributed by atoms with Crippen molar-refractivity contribution >= 4 is 11.4 Å². The number of ether oxygens (including phenoxy) is 2. The maximum absolute atomic E-state index is 5.91. The lowest BCUT2D eigenvalue weighted by atomic mass is 10.2. The molecule has 1 aromatic carbocycles. The summed E-state index contributed by atoms with van der Waals surface area (Å²) in [5.74, 6) is 0.820. The number of benzene rings is 1. The van der Waals surface area contributed by atoms with Gasteiger partial charge in [-0.05, 0) is 32.9 Å². The second kappa shape index (κ2) is 8.10. The summed E-state index contributed by atoms with van der Waals surface area (Å²) >= 11 is 0. The third kappa shape index (κ3) is 5.81. The summed E-state index contributed by atoms with van der Waals surface area (Å²) < 4.78 is 11.0. The number of nitrogens with zero attached hydrogens (tertiary/aromatic N) is 1. The molecule has 0 saturated carbocycles. The summed E-state index contributed by atoms with van der Waals surface area (Å²) in [6.45, 7) is 9.87. The van der Waals surface area contributed by atoms with E-state index in [0.29, 0.717) is 0 Å². The highest BCUT2D eigenvalue weighted by atomic mass is 16.5. The van der Waals surface area contributed by atoms with Crippen molar-refractivity contribution in [1.82, 2.24) is 4.90 Å². The van der Waals surface area contributed by atoms with E-state index in [2.05, 4.69) is 10.2 Å². The lowest BCUT2D eigenvalue weighted by molar-refractivity contribution is 0.0378. The molecule has 1 aliphatic rings. The molecular weight excluding hydrogens is 266 g/mol. The van der Waals surface area contributed by atoms with Crippen LogP contribution >= 0.6 is 0 Å². The lowest BCUT2D eigenvalue weighted by Crippen LogP contribution is -2.37. The topological polar surface area (TPSA) is 59.8 Å². The molecule has 1 aliphatic heterocycles. The molecule has 5 heteroatoms. The first-order chi connectivity index (χ1) is 10.1. The number of hydrogen-bond donors (Lipinski definition) is 2. The fourth-order valence-corrected chi connectivity index (χ4v) is 2.42. The third-order valence-corrected chi connectivity index (χ3v) is 3.38. The number of hydrogen-bond acceptors (Lipinski definition) is 5. The van der Waals surface area contributed by atoms with Crippen molar-refractivity contribution in [3.05, 3.63) is 18.2 Å². The molecule has 0 radical (unpaired) electrons. The van der Waals surface area contributed by atoms with E-state index < -0.39 is 0 Å². The monoisotopic (exact) mass is 293 g/mol. The summed E-state index contributed by atoms with van der Waals surface area (Å²) in [5.41, 5.74) is 7.66. The number of rotatable bonds is 7. The number of nitrogen functional groups attached to an aromatic ring is 1. The molecule has 1 saturated heterocycles. The minimum atomic E-state index is 0.154. The van der Waals surface area contributed by atoms with Gasteiger partial charge in [-0.1, -0.05) is 0 Å². The molecule has 1 aromatic rings. The molecular formula is C16H27N3O2. The van der Waals surface area contributed by atoms with Gasteiger partial charge in [-0.2, -0.15) is 0 Å². The highest BCUT2D eigenvalue weighted by molar-refractivity contribution is 5.59. The molecule has 1 fully saturated rings. The van der Waals surface area contributed by atoms with Crippen LogP contribution in [0.25, 0.3) is 0 Å². The van der Waals surface area contributed by atoms with Gasteiger partial charge in [0.1, 0.15) is 5.75 Å². The van der Waals surface area contributed by atoms with Crippen LogP contribution in [0.5, 0.6) is 5.75 Å². The second-order valence-electron chi connectivity index (χ2n) is 5.69. The zero-order chi connectivity index (χ0) is 15.1. The molecule has 0 bridgehead atoms. The normalized spacial score (nSPS) is 16.1. The van der Waals surface area contributed by atoms with E-state index in [1.165, 1.54) is 0 Å². The van der Waals surface area contributed by atoms with E-state index in [1.54, 1.807) is 0 Å². The summed E-state index contributed by atoms with van der Waals surface area (Å²) in [5, 5.41) is 3.42. The van der Waals surface area contributed by atoms with E-state index in [4.69, 9.17) is 15.2 Å². The fraction of sp³-hybridized carbons (Fsp3) is 0.625. The quantitative estimate of drug-likeness (QED) is 0.596. The van der Waals surface area contributed by atoms with Crippen LogP contribution in [0.2, 0.25) is 0 Å². The number of nitrogens with two attached hydrogens (primary N) is 1. The first-order valence-electron chi connectivity index (χ1n) is 7.74. The Kier molecular flexibility index (Phi) is 6.14. The fourth-order valence-electron chi connectivity index (χ4n) is 2.42. The molecule has 21 heavy (non-hydrogen) atoms.